The average molecular weight is 259 g/mol. The van der Waals surface area contributed by atoms with Crippen LogP contribution < -0.4 is 5.32 Å². The first-order valence-corrected chi connectivity index (χ1v) is 7.83. The van der Waals surface area contributed by atoms with E-state index in [1.54, 1.807) is 11.1 Å². The standard InChI is InChI=1S/C17H25NO/c1-2-6-15-13-16(9-8-14(15)5-1)18-11-10-17-7-3-4-12-19-17/h1-2,5-6,16-18H,3-4,7-13H2. The number of hydrogen-bond acceptors (Lipinski definition) is 2. The van der Waals surface area contributed by atoms with Crippen LogP contribution in [0.3, 0.4) is 0 Å². The third kappa shape index (κ3) is 3.58. The summed E-state index contributed by atoms with van der Waals surface area (Å²) >= 11 is 0. The molecule has 2 nitrogen and oxygen atoms in total. The number of aryl methyl sites for hydroxylation is 1. The molecule has 0 saturated carbocycles. The molecule has 2 aliphatic rings. The average Bonchev–Trinajstić information content (AvgIpc) is 2.48. The molecule has 1 aromatic rings. The fourth-order valence-electron chi connectivity index (χ4n) is 3.36. The van der Waals surface area contributed by atoms with Gasteiger partial charge in [0.15, 0.2) is 0 Å². The van der Waals surface area contributed by atoms with Crippen LogP contribution in [0.2, 0.25) is 0 Å². The number of fused-ring (bicyclic) bond motifs is 1. The lowest BCUT2D eigenvalue weighted by Crippen LogP contribution is -2.36. The third-order valence-corrected chi connectivity index (χ3v) is 4.52. The van der Waals surface area contributed by atoms with Crippen molar-refractivity contribution < 1.29 is 4.74 Å². The zero-order valence-corrected chi connectivity index (χ0v) is 11.7. The Labute approximate surface area is 116 Å². The monoisotopic (exact) mass is 259 g/mol. The summed E-state index contributed by atoms with van der Waals surface area (Å²) in [5.41, 5.74) is 3.09. The largest absolute Gasteiger partial charge is 0.378 e. The van der Waals surface area contributed by atoms with E-state index in [1.807, 2.05) is 0 Å². The van der Waals surface area contributed by atoms with Crippen molar-refractivity contribution in [2.24, 2.45) is 0 Å². The lowest BCUT2D eigenvalue weighted by Gasteiger charge is -2.27. The predicted molar refractivity (Wildman–Crippen MR) is 78.5 cm³/mol. The molecule has 1 aliphatic heterocycles. The summed E-state index contributed by atoms with van der Waals surface area (Å²) in [7, 11) is 0. The molecule has 0 aromatic heterocycles. The van der Waals surface area contributed by atoms with Crippen molar-refractivity contribution >= 4 is 0 Å². The Morgan fingerprint density at radius 2 is 2.00 bits per heavy atom. The molecular weight excluding hydrogens is 234 g/mol. The summed E-state index contributed by atoms with van der Waals surface area (Å²) in [6.45, 7) is 2.08. The quantitative estimate of drug-likeness (QED) is 0.897. The van der Waals surface area contributed by atoms with Gasteiger partial charge in [0, 0.05) is 12.6 Å². The highest BCUT2D eigenvalue weighted by molar-refractivity contribution is 5.30. The minimum atomic E-state index is 0.511. The Bertz CT molecular complexity index is 398. The Kier molecular flexibility index (Phi) is 4.52. The summed E-state index contributed by atoms with van der Waals surface area (Å²) in [6.07, 6.45) is 9.26. The molecule has 1 saturated heterocycles. The second kappa shape index (κ2) is 6.53. The zero-order valence-electron chi connectivity index (χ0n) is 11.7. The number of hydrogen-bond donors (Lipinski definition) is 1. The van der Waals surface area contributed by atoms with Crippen molar-refractivity contribution in [3.63, 3.8) is 0 Å². The highest BCUT2D eigenvalue weighted by atomic mass is 16.5. The molecule has 1 heterocycles. The normalized spacial score (nSPS) is 26.9. The van der Waals surface area contributed by atoms with E-state index in [0.29, 0.717) is 12.1 Å². The fraction of sp³-hybridized carbons (Fsp3) is 0.647. The Hall–Kier alpha value is -0.860. The van der Waals surface area contributed by atoms with Gasteiger partial charge in [0.05, 0.1) is 6.10 Å². The first-order chi connectivity index (χ1) is 9.42. The maximum absolute atomic E-state index is 5.78. The number of ether oxygens (including phenoxy) is 1. The van der Waals surface area contributed by atoms with Crippen LogP contribution in [0.5, 0.6) is 0 Å². The molecule has 2 heteroatoms. The van der Waals surface area contributed by atoms with Crippen molar-refractivity contribution in [3.8, 4) is 0 Å². The summed E-state index contributed by atoms with van der Waals surface area (Å²) < 4.78 is 5.78. The van der Waals surface area contributed by atoms with Crippen LogP contribution in [-0.2, 0) is 17.6 Å². The van der Waals surface area contributed by atoms with Crippen LogP contribution in [0, 0.1) is 0 Å². The van der Waals surface area contributed by atoms with Crippen molar-refractivity contribution in [2.75, 3.05) is 13.2 Å². The van der Waals surface area contributed by atoms with Crippen LogP contribution in [0.15, 0.2) is 24.3 Å². The molecule has 1 N–H and O–H groups in total. The van der Waals surface area contributed by atoms with Gasteiger partial charge in [-0.2, -0.15) is 0 Å². The first kappa shape index (κ1) is 13.1. The van der Waals surface area contributed by atoms with Gasteiger partial charge in [0.1, 0.15) is 0 Å². The number of benzene rings is 1. The molecule has 0 spiro atoms. The topological polar surface area (TPSA) is 21.3 Å². The second-order valence-electron chi connectivity index (χ2n) is 5.94. The zero-order chi connectivity index (χ0) is 12.9. The van der Waals surface area contributed by atoms with Crippen LogP contribution in [0.1, 0.15) is 43.2 Å². The van der Waals surface area contributed by atoms with Gasteiger partial charge in [-0.15, -0.1) is 0 Å². The van der Waals surface area contributed by atoms with Gasteiger partial charge in [-0.05, 0) is 62.6 Å². The lowest BCUT2D eigenvalue weighted by molar-refractivity contribution is 0.0111. The van der Waals surface area contributed by atoms with Crippen LogP contribution in [0.4, 0.5) is 0 Å². The van der Waals surface area contributed by atoms with Crippen LogP contribution in [-0.4, -0.2) is 25.3 Å². The van der Waals surface area contributed by atoms with Crippen LogP contribution in [0.25, 0.3) is 0 Å². The van der Waals surface area contributed by atoms with Crippen molar-refractivity contribution in [3.05, 3.63) is 35.4 Å². The van der Waals surface area contributed by atoms with E-state index in [-0.39, 0.29) is 0 Å². The summed E-state index contributed by atoms with van der Waals surface area (Å²) in [5, 5.41) is 3.73. The minimum Gasteiger partial charge on any atom is -0.378 e. The smallest absolute Gasteiger partial charge is 0.0587 e. The molecule has 0 bridgehead atoms. The molecule has 1 aromatic carbocycles. The fourth-order valence-corrected chi connectivity index (χ4v) is 3.36. The van der Waals surface area contributed by atoms with Gasteiger partial charge in [-0.25, -0.2) is 0 Å². The Morgan fingerprint density at radius 1 is 1.11 bits per heavy atom. The molecule has 3 rings (SSSR count). The highest BCUT2D eigenvalue weighted by Crippen LogP contribution is 2.21. The highest BCUT2D eigenvalue weighted by Gasteiger charge is 2.18. The lowest BCUT2D eigenvalue weighted by atomic mass is 9.88. The predicted octanol–water partition coefficient (Wildman–Crippen LogP) is 3.09. The molecule has 19 heavy (non-hydrogen) atoms. The van der Waals surface area contributed by atoms with E-state index < -0.39 is 0 Å². The van der Waals surface area contributed by atoms with Crippen molar-refractivity contribution in [1.29, 1.82) is 0 Å². The van der Waals surface area contributed by atoms with Gasteiger partial charge < -0.3 is 10.1 Å². The molecule has 104 valence electrons. The molecule has 0 amide bonds. The Morgan fingerprint density at radius 3 is 2.84 bits per heavy atom. The molecule has 1 fully saturated rings. The van der Waals surface area contributed by atoms with E-state index in [4.69, 9.17) is 4.74 Å². The van der Waals surface area contributed by atoms with Gasteiger partial charge >= 0.3 is 0 Å². The first-order valence-electron chi connectivity index (χ1n) is 7.83. The number of rotatable bonds is 4. The molecule has 1 aliphatic carbocycles. The second-order valence-corrected chi connectivity index (χ2v) is 5.94. The number of nitrogens with one attached hydrogen (secondary N) is 1. The van der Waals surface area contributed by atoms with Crippen LogP contribution >= 0.6 is 0 Å². The SMILES string of the molecule is c1ccc2c(c1)CCC(NCCC1CCCCO1)C2. The maximum Gasteiger partial charge on any atom is 0.0587 e. The molecule has 0 radical (unpaired) electrons. The molecular formula is C17H25NO. The summed E-state index contributed by atoms with van der Waals surface area (Å²) in [6, 6.07) is 9.55. The van der Waals surface area contributed by atoms with Crippen molar-refractivity contribution in [1.82, 2.24) is 5.32 Å². The van der Waals surface area contributed by atoms with E-state index in [9.17, 15) is 0 Å². The minimum absolute atomic E-state index is 0.511. The van der Waals surface area contributed by atoms with Gasteiger partial charge in [0.2, 0.25) is 0 Å². The summed E-state index contributed by atoms with van der Waals surface area (Å²) in [4.78, 5) is 0. The maximum atomic E-state index is 5.78. The van der Waals surface area contributed by atoms with Gasteiger partial charge in [0.25, 0.3) is 0 Å². The van der Waals surface area contributed by atoms with Gasteiger partial charge in [-0.1, -0.05) is 24.3 Å². The summed E-state index contributed by atoms with van der Waals surface area (Å²) in [5.74, 6) is 0. The molecule has 2 unspecified atom stereocenters. The van der Waals surface area contributed by atoms with Crippen molar-refractivity contribution in [2.45, 2.75) is 57.1 Å². The van der Waals surface area contributed by atoms with E-state index in [0.717, 1.165) is 13.2 Å². The molecule has 2 atom stereocenters. The third-order valence-electron chi connectivity index (χ3n) is 4.52. The Balaban J connectivity index is 1.42. The van der Waals surface area contributed by atoms with E-state index >= 15 is 0 Å². The van der Waals surface area contributed by atoms with Gasteiger partial charge in [-0.3, -0.25) is 0 Å². The van der Waals surface area contributed by atoms with E-state index in [2.05, 4.69) is 29.6 Å². The van der Waals surface area contributed by atoms with E-state index in [1.165, 1.54) is 44.9 Å².